The Morgan fingerprint density at radius 1 is 1.41 bits per heavy atom. The summed E-state index contributed by atoms with van der Waals surface area (Å²) in [6, 6.07) is 4.23. The molecule has 0 aromatic carbocycles. The zero-order valence-corrected chi connectivity index (χ0v) is 10.6. The Morgan fingerprint density at radius 2 is 2.24 bits per heavy atom. The molecule has 0 atom stereocenters. The number of hydrogen-bond donors (Lipinski definition) is 1. The summed E-state index contributed by atoms with van der Waals surface area (Å²) in [6.45, 7) is 0.594. The van der Waals surface area contributed by atoms with E-state index in [9.17, 15) is 0 Å². The van der Waals surface area contributed by atoms with E-state index < -0.39 is 0 Å². The summed E-state index contributed by atoms with van der Waals surface area (Å²) in [6.07, 6.45) is 6.59. The smallest absolute Gasteiger partial charge is 0.116 e. The number of nitrogens with two attached hydrogens (primary N) is 1. The standard InChI is InChI=1S/C13H17N3S/c14-8-10-1-4-16-12(7-10)9-15-13(16)11-2-5-17-6-3-11/h1,4,7,9,11H,2-3,5-6,8,14H2. The van der Waals surface area contributed by atoms with Gasteiger partial charge in [-0.3, -0.25) is 0 Å². The van der Waals surface area contributed by atoms with E-state index in [1.807, 2.05) is 6.20 Å². The van der Waals surface area contributed by atoms with Gasteiger partial charge in [0.1, 0.15) is 5.82 Å². The van der Waals surface area contributed by atoms with Gasteiger partial charge < -0.3 is 10.1 Å². The van der Waals surface area contributed by atoms with Crippen LogP contribution in [0.3, 0.4) is 0 Å². The third-order valence-corrected chi connectivity index (χ3v) is 4.50. The van der Waals surface area contributed by atoms with E-state index in [0.717, 1.165) is 0 Å². The first-order valence-corrected chi connectivity index (χ1v) is 7.27. The Morgan fingerprint density at radius 3 is 3.00 bits per heavy atom. The van der Waals surface area contributed by atoms with Crippen LogP contribution in [0.1, 0.15) is 30.1 Å². The Labute approximate surface area is 105 Å². The second-order valence-electron chi connectivity index (χ2n) is 4.54. The van der Waals surface area contributed by atoms with Gasteiger partial charge in [0, 0.05) is 18.7 Å². The Kier molecular flexibility index (Phi) is 3.07. The molecule has 2 aromatic heterocycles. The van der Waals surface area contributed by atoms with Gasteiger partial charge in [0.15, 0.2) is 0 Å². The van der Waals surface area contributed by atoms with Crippen LogP contribution in [0, 0.1) is 0 Å². The first-order valence-electron chi connectivity index (χ1n) is 6.12. The highest BCUT2D eigenvalue weighted by Gasteiger charge is 2.19. The van der Waals surface area contributed by atoms with Crippen molar-refractivity contribution in [1.29, 1.82) is 0 Å². The van der Waals surface area contributed by atoms with Gasteiger partial charge in [-0.1, -0.05) is 0 Å². The zero-order chi connectivity index (χ0) is 11.7. The van der Waals surface area contributed by atoms with Crippen molar-refractivity contribution in [3.63, 3.8) is 0 Å². The van der Waals surface area contributed by atoms with Crippen LogP contribution in [-0.4, -0.2) is 20.9 Å². The molecule has 4 heteroatoms. The first-order chi connectivity index (χ1) is 8.38. The number of nitrogens with zero attached hydrogens (tertiary/aromatic N) is 2. The van der Waals surface area contributed by atoms with Gasteiger partial charge >= 0.3 is 0 Å². The highest BCUT2D eigenvalue weighted by molar-refractivity contribution is 7.99. The van der Waals surface area contributed by atoms with E-state index in [1.54, 1.807) is 0 Å². The average Bonchev–Trinajstić information content (AvgIpc) is 2.82. The zero-order valence-electron chi connectivity index (χ0n) is 9.80. The quantitative estimate of drug-likeness (QED) is 0.886. The molecule has 0 aliphatic carbocycles. The number of hydrogen-bond acceptors (Lipinski definition) is 3. The molecule has 0 unspecified atom stereocenters. The van der Waals surface area contributed by atoms with Crippen LogP contribution in [0.15, 0.2) is 24.5 Å². The summed E-state index contributed by atoms with van der Waals surface area (Å²) < 4.78 is 2.22. The van der Waals surface area contributed by atoms with Crippen molar-refractivity contribution in [1.82, 2.24) is 9.38 Å². The number of imidazole rings is 1. The predicted molar refractivity (Wildman–Crippen MR) is 72.4 cm³/mol. The maximum absolute atomic E-state index is 5.66. The van der Waals surface area contributed by atoms with E-state index in [1.165, 1.54) is 41.3 Å². The summed E-state index contributed by atoms with van der Waals surface area (Å²) in [4.78, 5) is 4.61. The number of fused-ring (bicyclic) bond motifs is 1. The third-order valence-electron chi connectivity index (χ3n) is 3.45. The molecule has 2 aromatic rings. The number of thioether (sulfide) groups is 1. The Balaban J connectivity index is 1.99. The predicted octanol–water partition coefficient (Wildman–Crippen LogP) is 2.40. The summed E-state index contributed by atoms with van der Waals surface area (Å²) >= 11 is 2.05. The van der Waals surface area contributed by atoms with Crippen LogP contribution in [0.25, 0.3) is 5.52 Å². The summed E-state index contributed by atoms with van der Waals surface area (Å²) in [5.41, 5.74) is 8.00. The first kappa shape index (κ1) is 11.1. The van der Waals surface area contributed by atoms with E-state index in [-0.39, 0.29) is 0 Å². The fourth-order valence-corrected chi connectivity index (χ4v) is 3.56. The SMILES string of the molecule is NCc1ccn2c(C3CCSCC3)ncc2c1. The van der Waals surface area contributed by atoms with Crippen molar-refractivity contribution in [2.75, 3.05) is 11.5 Å². The molecule has 17 heavy (non-hydrogen) atoms. The lowest BCUT2D eigenvalue weighted by molar-refractivity contribution is 0.596. The molecule has 1 aliphatic heterocycles. The van der Waals surface area contributed by atoms with Crippen LogP contribution in [-0.2, 0) is 6.54 Å². The van der Waals surface area contributed by atoms with E-state index in [0.29, 0.717) is 12.5 Å². The lowest BCUT2D eigenvalue weighted by Crippen LogP contribution is -2.11. The minimum absolute atomic E-state index is 0.594. The van der Waals surface area contributed by atoms with Crippen molar-refractivity contribution >= 4 is 17.3 Å². The monoisotopic (exact) mass is 247 g/mol. The van der Waals surface area contributed by atoms with Crippen LogP contribution in [0.2, 0.25) is 0 Å². The average molecular weight is 247 g/mol. The largest absolute Gasteiger partial charge is 0.326 e. The lowest BCUT2D eigenvalue weighted by atomic mass is 10.0. The van der Waals surface area contributed by atoms with Crippen molar-refractivity contribution in [2.45, 2.75) is 25.3 Å². The highest BCUT2D eigenvalue weighted by atomic mass is 32.2. The molecule has 2 N–H and O–H groups in total. The maximum Gasteiger partial charge on any atom is 0.116 e. The summed E-state index contributed by atoms with van der Waals surface area (Å²) in [7, 11) is 0. The molecule has 3 nitrogen and oxygen atoms in total. The molecule has 0 bridgehead atoms. The Bertz CT molecular complexity index is 514. The molecule has 1 aliphatic rings. The van der Waals surface area contributed by atoms with Crippen LogP contribution < -0.4 is 5.73 Å². The van der Waals surface area contributed by atoms with Gasteiger partial charge in [0.2, 0.25) is 0 Å². The van der Waals surface area contributed by atoms with E-state index >= 15 is 0 Å². The topological polar surface area (TPSA) is 43.3 Å². The van der Waals surface area contributed by atoms with Gasteiger partial charge in [0.05, 0.1) is 11.7 Å². The molecule has 1 fully saturated rings. The third kappa shape index (κ3) is 2.07. The normalized spacial score (nSPS) is 17.7. The minimum atomic E-state index is 0.594. The van der Waals surface area contributed by atoms with E-state index in [4.69, 9.17) is 5.73 Å². The van der Waals surface area contributed by atoms with Gasteiger partial charge in [0.25, 0.3) is 0 Å². The molecule has 3 heterocycles. The molecule has 0 saturated carbocycles. The van der Waals surface area contributed by atoms with Gasteiger partial charge in [-0.05, 0) is 42.0 Å². The highest BCUT2D eigenvalue weighted by Crippen LogP contribution is 2.31. The maximum atomic E-state index is 5.66. The van der Waals surface area contributed by atoms with Gasteiger partial charge in [-0.2, -0.15) is 11.8 Å². The van der Waals surface area contributed by atoms with E-state index in [2.05, 4.69) is 39.5 Å². The number of aromatic nitrogens is 2. The lowest BCUT2D eigenvalue weighted by Gasteiger charge is -2.20. The summed E-state index contributed by atoms with van der Waals surface area (Å²) in [5, 5.41) is 0. The second-order valence-corrected chi connectivity index (χ2v) is 5.76. The van der Waals surface area contributed by atoms with Gasteiger partial charge in [-0.25, -0.2) is 4.98 Å². The molecule has 0 amide bonds. The fourth-order valence-electron chi connectivity index (χ4n) is 2.45. The van der Waals surface area contributed by atoms with Crippen LogP contribution in [0.4, 0.5) is 0 Å². The number of rotatable bonds is 2. The molecule has 0 spiro atoms. The molecular weight excluding hydrogens is 230 g/mol. The molecule has 3 rings (SSSR count). The Hall–Kier alpha value is -1.00. The molecule has 1 saturated heterocycles. The van der Waals surface area contributed by atoms with Crippen LogP contribution in [0.5, 0.6) is 0 Å². The van der Waals surface area contributed by atoms with Crippen molar-refractivity contribution in [3.8, 4) is 0 Å². The van der Waals surface area contributed by atoms with Crippen molar-refractivity contribution in [3.05, 3.63) is 35.9 Å². The molecule has 90 valence electrons. The number of pyridine rings is 1. The molecule has 0 radical (unpaired) electrons. The second kappa shape index (κ2) is 4.70. The fraction of sp³-hybridized carbons (Fsp3) is 0.462. The van der Waals surface area contributed by atoms with Gasteiger partial charge in [-0.15, -0.1) is 0 Å². The van der Waals surface area contributed by atoms with Crippen molar-refractivity contribution in [2.24, 2.45) is 5.73 Å². The summed E-state index contributed by atoms with van der Waals surface area (Å²) in [5.74, 6) is 4.38. The van der Waals surface area contributed by atoms with Crippen molar-refractivity contribution < 1.29 is 0 Å². The minimum Gasteiger partial charge on any atom is -0.326 e. The van der Waals surface area contributed by atoms with Crippen LogP contribution >= 0.6 is 11.8 Å². The molecular formula is C13H17N3S.